The molecule has 0 heterocycles. The van der Waals surface area contributed by atoms with Crippen molar-refractivity contribution in [2.24, 2.45) is 5.41 Å². The average molecular weight is 201 g/mol. The summed E-state index contributed by atoms with van der Waals surface area (Å²) in [6.45, 7) is 5.46. The van der Waals surface area contributed by atoms with Crippen LogP contribution in [-0.4, -0.2) is 33.1 Å². The second-order valence-corrected chi connectivity index (χ2v) is 4.36. The molecule has 1 N–H and O–H groups in total. The second kappa shape index (κ2) is 5.10. The molecule has 14 heavy (non-hydrogen) atoms. The molecule has 0 radical (unpaired) electrons. The van der Waals surface area contributed by atoms with Gasteiger partial charge in [-0.05, 0) is 31.6 Å². The lowest BCUT2D eigenvalue weighted by Crippen LogP contribution is -2.42. The van der Waals surface area contributed by atoms with Gasteiger partial charge in [-0.3, -0.25) is 0 Å². The van der Waals surface area contributed by atoms with E-state index in [0.717, 1.165) is 6.54 Å². The Morgan fingerprint density at radius 3 is 2.21 bits per heavy atom. The summed E-state index contributed by atoms with van der Waals surface area (Å²) in [5.74, 6) is 0. The summed E-state index contributed by atoms with van der Waals surface area (Å²) >= 11 is 0. The van der Waals surface area contributed by atoms with Crippen LogP contribution in [0.25, 0.3) is 0 Å². The molecule has 0 saturated heterocycles. The van der Waals surface area contributed by atoms with Crippen LogP contribution >= 0.6 is 0 Å². The zero-order valence-electron chi connectivity index (χ0n) is 9.80. The van der Waals surface area contributed by atoms with Crippen molar-refractivity contribution in [1.82, 2.24) is 5.32 Å². The quantitative estimate of drug-likeness (QED) is 0.637. The third-order valence-electron chi connectivity index (χ3n) is 3.38. The van der Waals surface area contributed by atoms with Crippen LogP contribution in [0.3, 0.4) is 0 Å². The molecule has 84 valence electrons. The zero-order valence-corrected chi connectivity index (χ0v) is 9.80. The standard InChI is InChI=1S/C11H23NO2/c1-5-11(6-7-11)8-12-9(2)10(13-3)14-4/h9-10,12H,5-8H2,1-4H3. The van der Waals surface area contributed by atoms with Crippen LogP contribution < -0.4 is 5.32 Å². The van der Waals surface area contributed by atoms with Crippen molar-refractivity contribution >= 4 is 0 Å². The first-order valence-corrected chi connectivity index (χ1v) is 5.46. The monoisotopic (exact) mass is 201 g/mol. The average Bonchev–Trinajstić information content (AvgIpc) is 2.97. The van der Waals surface area contributed by atoms with E-state index in [0.29, 0.717) is 5.41 Å². The van der Waals surface area contributed by atoms with Crippen molar-refractivity contribution in [3.8, 4) is 0 Å². The molecule has 1 saturated carbocycles. The van der Waals surface area contributed by atoms with Gasteiger partial charge in [0.15, 0.2) is 6.29 Å². The smallest absolute Gasteiger partial charge is 0.171 e. The molecule has 0 bridgehead atoms. The van der Waals surface area contributed by atoms with Crippen LogP contribution in [0.2, 0.25) is 0 Å². The summed E-state index contributed by atoms with van der Waals surface area (Å²) in [6, 6.07) is 0.258. The molecular weight excluding hydrogens is 178 g/mol. The Hall–Kier alpha value is -0.120. The minimum Gasteiger partial charge on any atom is -0.354 e. The molecule has 1 aliphatic rings. The van der Waals surface area contributed by atoms with Gasteiger partial charge in [0.2, 0.25) is 0 Å². The maximum Gasteiger partial charge on any atom is 0.171 e. The zero-order chi connectivity index (χ0) is 10.6. The SMILES string of the molecule is CCC1(CNC(C)C(OC)OC)CC1. The minimum atomic E-state index is -0.136. The van der Waals surface area contributed by atoms with Gasteiger partial charge in [-0.1, -0.05) is 6.92 Å². The summed E-state index contributed by atoms with van der Waals surface area (Å²) < 4.78 is 10.4. The van der Waals surface area contributed by atoms with Gasteiger partial charge in [0.1, 0.15) is 0 Å². The number of methoxy groups -OCH3 is 2. The van der Waals surface area contributed by atoms with Gasteiger partial charge in [0, 0.05) is 20.8 Å². The predicted molar refractivity (Wildman–Crippen MR) is 57.2 cm³/mol. The molecule has 3 heteroatoms. The van der Waals surface area contributed by atoms with E-state index in [2.05, 4.69) is 19.2 Å². The number of hydrogen-bond acceptors (Lipinski definition) is 3. The third-order valence-corrected chi connectivity index (χ3v) is 3.38. The van der Waals surface area contributed by atoms with E-state index >= 15 is 0 Å². The maximum atomic E-state index is 5.20. The number of hydrogen-bond donors (Lipinski definition) is 1. The van der Waals surface area contributed by atoms with Crippen molar-refractivity contribution in [1.29, 1.82) is 0 Å². The summed E-state index contributed by atoms with van der Waals surface area (Å²) in [7, 11) is 3.36. The summed E-state index contributed by atoms with van der Waals surface area (Å²) in [5, 5.41) is 3.49. The Kier molecular flexibility index (Phi) is 4.35. The van der Waals surface area contributed by atoms with Crippen molar-refractivity contribution in [3.05, 3.63) is 0 Å². The van der Waals surface area contributed by atoms with Crippen LogP contribution in [-0.2, 0) is 9.47 Å². The molecule has 1 rings (SSSR count). The third kappa shape index (κ3) is 2.94. The van der Waals surface area contributed by atoms with Crippen LogP contribution in [0.5, 0.6) is 0 Å². The van der Waals surface area contributed by atoms with Gasteiger partial charge >= 0.3 is 0 Å². The summed E-state index contributed by atoms with van der Waals surface area (Å²) in [4.78, 5) is 0. The molecule has 0 aromatic carbocycles. The Labute approximate surface area is 87.2 Å². The van der Waals surface area contributed by atoms with Crippen molar-refractivity contribution in [2.75, 3.05) is 20.8 Å². The molecule has 1 unspecified atom stereocenters. The van der Waals surface area contributed by atoms with Crippen molar-refractivity contribution in [3.63, 3.8) is 0 Å². The molecule has 0 aromatic heterocycles. The Bertz CT molecular complexity index is 165. The molecule has 0 aliphatic heterocycles. The largest absolute Gasteiger partial charge is 0.354 e. The number of rotatable bonds is 7. The van der Waals surface area contributed by atoms with Gasteiger partial charge in [-0.2, -0.15) is 0 Å². The van der Waals surface area contributed by atoms with E-state index in [1.807, 2.05) is 0 Å². The van der Waals surface area contributed by atoms with E-state index in [1.165, 1.54) is 19.3 Å². The first-order valence-electron chi connectivity index (χ1n) is 5.46. The van der Waals surface area contributed by atoms with E-state index in [4.69, 9.17) is 9.47 Å². The highest BCUT2D eigenvalue weighted by atomic mass is 16.7. The van der Waals surface area contributed by atoms with Crippen molar-refractivity contribution < 1.29 is 9.47 Å². The summed E-state index contributed by atoms with van der Waals surface area (Å²) in [6.07, 6.45) is 3.88. The molecule has 0 amide bonds. The van der Waals surface area contributed by atoms with Crippen LogP contribution in [0.4, 0.5) is 0 Å². The van der Waals surface area contributed by atoms with Gasteiger partial charge < -0.3 is 14.8 Å². The van der Waals surface area contributed by atoms with E-state index in [-0.39, 0.29) is 12.3 Å². The van der Waals surface area contributed by atoms with Gasteiger partial charge in [0.05, 0.1) is 6.04 Å². The highest BCUT2D eigenvalue weighted by Crippen LogP contribution is 2.47. The van der Waals surface area contributed by atoms with Crippen LogP contribution in [0, 0.1) is 5.41 Å². The second-order valence-electron chi connectivity index (χ2n) is 4.36. The summed E-state index contributed by atoms with van der Waals surface area (Å²) in [5.41, 5.74) is 0.584. The molecule has 0 aromatic rings. The lowest BCUT2D eigenvalue weighted by atomic mass is 10.0. The Balaban J connectivity index is 2.23. The first-order chi connectivity index (χ1) is 6.67. The van der Waals surface area contributed by atoms with Gasteiger partial charge in [0.25, 0.3) is 0 Å². The van der Waals surface area contributed by atoms with Crippen LogP contribution in [0.1, 0.15) is 33.1 Å². The normalized spacial score (nSPS) is 21.2. The molecule has 3 nitrogen and oxygen atoms in total. The number of ether oxygens (including phenoxy) is 2. The predicted octanol–water partition coefficient (Wildman–Crippen LogP) is 1.77. The highest BCUT2D eigenvalue weighted by Gasteiger charge is 2.40. The lowest BCUT2D eigenvalue weighted by Gasteiger charge is -2.24. The van der Waals surface area contributed by atoms with E-state index in [1.54, 1.807) is 14.2 Å². The topological polar surface area (TPSA) is 30.5 Å². The lowest BCUT2D eigenvalue weighted by molar-refractivity contribution is -0.119. The van der Waals surface area contributed by atoms with E-state index < -0.39 is 0 Å². The molecule has 1 aliphatic carbocycles. The van der Waals surface area contributed by atoms with Gasteiger partial charge in [-0.25, -0.2) is 0 Å². The Morgan fingerprint density at radius 2 is 1.86 bits per heavy atom. The molecule has 1 atom stereocenters. The fourth-order valence-electron chi connectivity index (χ4n) is 1.81. The van der Waals surface area contributed by atoms with Crippen molar-refractivity contribution in [2.45, 2.75) is 45.4 Å². The molecule has 1 fully saturated rings. The maximum absolute atomic E-state index is 5.20. The molecule has 0 spiro atoms. The fourth-order valence-corrected chi connectivity index (χ4v) is 1.81. The number of nitrogens with one attached hydrogen (secondary N) is 1. The Morgan fingerprint density at radius 1 is 1.29 bits per heavy atom. The highest BCUT2D eigenvalue weighted by molar-refractivity contribution is 4.94. The first kappa shape index (κ1) is 12.0. The molecular formula is C11H23NO2. The fraction of sp³-hybridized carbons (Fsp3) is 1.00. The van der Waals surface area contributed by atoms with Crippen LogP contribution in [0.15, 0.2) is 0 Å². The van der Waals surface area contributed by atoms with E-state index in [9.17, 15) is 0 Å². The minimum absolute atomic E-state index is 0.136. The van der Waals surface area contributed by atoms with Gasteiger partial charge in [-0.15, -0.1) is 0 Å².